The molecule has 0 aromatic heterocycles. The van der Waals surface area contributed by atoms with Crippen molar-refractivity contribution in [2.24, 2.45) is 0 Å². The largest absolute Gasteiger partial charge is 0.494 e. The number of carbonyl (C=O) groups excluding carboxylic acids is 3. The number of carbonyl (C=O) groups is 3. The van der Waals surface area contributed by atoms with Crippen molar-refractivity contribution in [2.45, 2.75) is 44.4 Å². The molecule has 0 heterocycles. The minimum absolute atomic E-state index is 0.0646. The highest BCUT2D eigenvalue weighted by Gasteiger charge is 2.11. The number of hydrogen-bond acceptors (Lipinski definition) is 8. The van der Waals surface area contributed by atoms with E-state index in [0.717, 1.165) is 53.0 Å². The fourth-order valence-corrected chi connectivity index (χ4v) is 4.67. The van der Waals surface area contributed by atoms with Crippen LogP contribution in [-0.4, -0.2) is 43.5 Å². The Labute approximate surface area is 273 Å². The van der Waals surface area contributed by atoms with Crippen LogP contribution in [0.3, 0.4) is 0 Å². The summed E-state index contributed by atoms with van der Waals surface area (Å²) in [5, 5.41) is -0.0646. The van der Waals surface area contributed by atoms with E-state index in [-0.39, 0.29) is 24.3 Å². The van der Waals surface area contributed by atoms with Crippen molar-refractivity contribution >= 4 is 28.8 Å². The Kier molecular flexibility index (Phi) is 14.6. The zero-order chi connectivity index (χ0) is 33.3. The summed E-state index contributed by atoms with van der Waals surface area (Å²) in [5.74, 6) is 4.88. The lowest BCUT2D eigenvalue weighted by Crippen LogP contribution is -2.12. The first-order valence-electron chi connectivity index (χ1n) is 14.8. The average molecular weight is 645 g/mol. The van der Waals surface area contributed by atoms with Crippen molar-refractivity contribution in [3.63, 3.8) is 0 Å². The number of esters is 2. The number of rotatable bonds is 16. The highest BCUT2D eigenvalue weighted by Crippen LogP contribution is 2.29. The van der Waals surface area contributed by atoms with E-state index in [4.69, 9.17) is 14.2 Å². The molecule has 0 aliphatic rings. The molecule has 3 rings (SSSR count). The summed E-state index contributed by atoms with van der Waals surface area (Å²) in [4.78, 5) is 36.2. The molecule has 0 amide bonds. The molecule has 0 bridgehead atoms. The Hall–Kier alpha value is -4.81. The fourth-order valence-electron chi connectivity index (χ4n) is 3.86. The lowest BCUT2D eigenvalue weighted by atomic mass is 10.1. The molecule has 3 aromatic carbocycles. The van der Waals surface area contributed by atoms with Crippen molar-refractivity contribution in [2.75, 3.05) is 26.4 Å². The van der Waals surface area contributed by atoms with Gasteiger partial charge in [0.1, 0.15) is 24.7 Å². The number of aryl methyl sites for hydroxylation is 1. The summed E-state index contributed by atoms with van der Waals surface area (Å²) in [6, 6.07) is 19.9. The maximum Gasteiger partial charge on any atom is 0.366 e. The van der Waals surface area contributed by atoms with Crippen LogP contribution in [0.5, 0.6) is 11.5 Å². The molecule has 240 valence electrons. The third-order valence-electron chi connectivity index (χ3n) is 6.37. The SMILES string of the molecule is C=C(C)C(=O)OCCCCCCOc1ccc(SC(=O)c2ccc(C#Cc3ccc(OCCOC(=O)C(=C)F)cc3)cc2)c(C)c1. The Morgan fingerprint density at radius 3 is 1.89 bits per heavy atom. The van der Waals surface area contributed by atoms with Crippen molar-refractivity contribution in [1.82, 2.24) is 0 Å². The number of unbranched alkanes of at least 4 members (excludes halogenated alkanes) is 3. The first kappa shape index (κ1) is 35.7. The monoisotopic (exact) mass is 644 g/mol. The lowest BCUT2D eigenvalue weighted by molar-refractivity contribution is -0.141. The molecular formula is C37H37FO7S. The molecule has 46 heavy (non-hydrogen) atoms. The van der Waals surface area contributed by atoms with Gasteiger partial charge in [0.15, 0.2) is 0 Å². The van der Waals surface area contributed by atoms with E-state index in [1.165, 1.54) is 11.8 Å². The maximum absolute atomic E-state index is 12.9. The summed E-state index contributed by atoms with van der Waals surface area (Å²) in [7, 11) is 0. The fraction of sp³-hybridized carbons (Fsp3) is 0.270. The normalized spacial score (nSPS) is 10.2. The van der Waals surface area contributed by atoms with Crippen molar-refractivity contribution in [3.8, 4) is 23.3 Å². The summed E-state index contributed by atoms with van der Waals surface area (Å²) < 4.78 is 33.6. The van der Waals surface area contributed by atoms with E-state index >= 15 is 0 Å². The van der Waals surface area contributed by atoms with Crippen LogP contribution in [0.2, 0.25) is 0 Å². The third kappa shape index (κ3) is 12.7. The number of benzene rings is 3. The van der Waals surface area contributed by atoms with Crippen LogP contribution >= 0.6 is 11.8 Å². The molecule has 0 fully saturated rings. The predicted molar refractivity (Wildman–Crippen MR) is 177 cm³/mol. The van der Waals surface area contributed by atoms with Crippen LogP contribution in [0.15, 0.2) is 96.2 Å². The van der Waals surface area contributed by atoms with E-state index < -0.39 is 11.8 Å². The summed E-state index contributed by atoms with van der Waals surface area (Å²) in [5.41, 5.74) is 3.48. The van der Waals surface area contributed by atoms with E-state index in [2.05, 4.69) is 29.7 Å². The molecule has 0 atom stereocenters. The second kappa shape index (κ2) is 18.9. The van der Waals surface area contributed by atoms with Crippen molar-refractivity contribution in [1.29, 1.82) is 0 Å². The van der Waals surface area contributed by atoms with Crippen LogP contribution < -0.4 is 9.47 Å². The van der Waals surface area contributed by atoms with Gasteiger partial charge < -0.3 is 18.9 Å². The first-order valence-corrected chi connectivity index (χ1v) is 15.6. The quantitative estimate of drug-likeness (QED) is 0.0514. The molecular weight excluding hydrogens is 607 g/mol. The van der Waals surface area contributed by atoms with Crippen LogP contribution in [-0.2, 0) is 19.1 Å². The topological polar surface area (TPSA) is 88.1 Å². The van der Waals surface area contributed by atoms with E-state index in [1.54, 1.807) is 43.3 Å². The minimum Gasteiger partial charge on any atom is -0.494 e. The van der Waals surface area contributed by atoms with Gasteiger partial charge in [-0.15, -0.1) is 0 Å². The minimum atomic E-state index is -1.15. The Morgan fingerprint density at radius 1 is 0.717 bits per heavy atom. The van der Waals surface area contributed by atoms with Crippen LogP contribution in [0.4, 0.5) is 4.39 Å². The van der Waals surface area contributed by atoms with Gasteiger partial charge in [-0.05, 0) is 124 Å². The molecule has 7 nitrogen and oxygen atoms in total. The molecule has 0 unspecified atom stereocenters. The molecule has 0 N–H and O–H groups in total. The highest BCUT2D eigenvalue weighted by atomic mass is 32.2. The van der Waals surface area contributed by atoms with Crippen molar-refractivity contribution < 1.29 is 37.7 Å². The van der Waals surface area contributed by atoms with Gasteiger partial charge in [0.05, 0.1) is 13.2 Å². The Morgan fingerprint density at radius 2 is 1.28 bits per heavy atom. The van der Waals surface area contributed by atoms with Gasteiger partial charge in [-0.3, -0.25) is 4.79 Å². The standard InChI is InChI=1S/C37H37FO7S/c1-26(2)35(39)44-22-8-6-5-7-21-42-33-19-20-34(27(3)25-33)46-37(41)31-15-11-29(12-16-31)9-10-30-13-17-32(18-14-30)43-23-24-45-36(40)28(4)38/h11-20,25H,1,4-8,21-24H2,2-3H3. The lowest BCUT2D eigenvalue weighted by Gasteiger charge is -2.10. The van der Waals surface area contributed by atoms with E-state index in [1.807, 2.05) is 37.3 Å². The van der Waals surface area contributed by atoms with Gasteiger partial charge in [0.25, 0.3) is 0 Å². The number of ether oxygens (including phenoxy) is 4. The van der Waals surface area contributed by atoms with Gasteiger partial charge in [0.2, 0.25) is 10.9 Å². The van der Waals surface area contributed by atoms with Crippen LogP contribution in [0, 0.1) is 18.8 Å². The van der Waals surface area contributed by atoms with Crippen LogP contribution in [0.25, 0.3) is 0 Å². The summed E-state index contributed by atoms with van der Waals surface area (Å²) >= 11 is 1.17. The predicted octanol–water partition coefficient (Wildman–Crippen LogP) is 7.79. The Balaban J connectivity index is 1.40. The van der Waals surface area contributed by atoms with Gasteiger partial charge in [-0.1, -0.05) is 25.0 Å². The molecule has 0 spiro atoms. The molecule has 0 aliphatic heterocycles. The zero-order valence-corrected chi connectivity index (χ0v) is 26.9. The highest BCUT2D eigenvalue weighted by molar-refractivity contribution is 8.14. The van der Waals surface area contributed by atoms with Crippen LogP contribution in [0.1, 0.15) is 59.7 Å². The number of thioether (sulfide) groups is 1. The molecule has 0 radical (unpaired) electrons. The molecule has 0 saturated carbocycles. The van der Waals surface area contributed by atoms with E-state index in [9.17, 15) is 18.8 Å². The summed E-state index contributed by atoms with van der Waals surface area (Å²) in [6.07, 6.45) is 3.64. The Bertz CT molecular complexity index is 1580. The molecule has 3 aromatic rings. The molecule has 9 heteroatoms. The zero-order valence-electron chi connectivity index (χ0n) is 26.1. The molecule has 0 aliphatic carbocycles. The van der Waals surface area contributed by atoms with Gasteiger partial charge in [0, 0.05) is 27.2 Å². The maximum atomic E-state index is 12.9. The van der Waals surface area contributed by atoms with Gasteiger partial charge in [-0.2, -0.15) is 4.39 Å². The molecule has 0 saturated heterocycles. The number of hydrogen-bond donors (Lipinski definition) is 0. The smallest absolute Gasteiger partial charge is 0.366 e. The van der Waals surface area contributed by atoms with Gasteiger partial charge in [-0.25, -0.2) is 9.59 Å². The van der Waals surface area contributed by atoms with E-state index in [0.29, 0.717) is 30.1 Å². The number of halogens is 1. The second-order valence-corrected chi connectivity index (χ2v) is 11.3. The van der Waals surface area contributed by atoms with Gasteiger partial charge >= 0.3 is 11.9 Å². The first-order chi connectivity index (χ1) is 22.1. The summed E-state index contributed by atoms with van der Waals surface area (Å²) in [6.45, 7) is 11.0. The van der Waals surface area contributed by atoms with Crippen molar-refractivity contribution in [3.05, 3.63) is 114 Å². The third-order valence-corrected chi connectivity index (χ3v) is 7.47. The average Bonchev–Trinajstić information content (AvgIpc) is 3.04. The second-order valence-electron chi connectivity index (χ2n) is 10.2.